The first-order chi connectivity index (χ1) is 11.0. The summed E-state index contributed by atoms with van der Waals surface area (Å²) in [4.78, 5) is 15.8. The Balaban J connectivity index is 2.30. The van der Waals surface area contributed by atoms with Gasteiger partial charge in [-0.05, 0) is 19.3 Å². The maximum Gasteiger partial charge on any atom is 0.221 e. The summed E-state index contributed by atoms with van der Waals surface area (Å²) in [6, 6.07) is 2.14. The van der Waals surface area contributed by atoms with Crippen molar-refractivity contribution < 1.29 is 9.32 Å². The molecule has 0 saturated carbocycles. The van der Waals surface area contributed by atoms with Crippen molar-refractivity contribution in [2.24, 2.45) is 4.99 Å². The number of nitrogens with one attached hydrogen (secondary N) is 3. The number of guanidine groups is 1. The molecule has 1 aromatic rings. The molecule has 1 heterocycles. The number of nitrogens with zero attached hydrogens (tertiary/aromatic N) is 2. The van der Waals surface area contributed by atoms with Crippen LogP contribution in [0.2, 0.25) is 0 Å². The zero-order chi connectivity index (χ0) is 17.2. The average molecular weight is 323 g/mol. The molecule has 0 radical (unpaired) electrons. The molecule has 1 unspecified atom stereocenters. The van der Waals surface area contributed by atoms with Gasteiger partial charge in [-0.3, -0.25) is 9.79 Å². The van der Waals surface area contributed by atoms with Gasteiger partial charge in [0, 0.05) is 32.1 Å². The Hall–Kier alpha value is -2.05. The summed E-state index contributed by atoms with van der Waals surface area (Å²) in [6.45, 7) is 9.20. The largest absolute Gasteiger partial charge is 0.359 e. The molecule has 1 aromatic heterocycles. The Bertz CT molecular complexity index is 510. The second-order valence-electron chi connectivity index (χ2n) is 5.85. The Labute approximate surface area is 138 Å². The van der Waals surface area contributed by atoms with Crippen LogP contribution in [0, 0.1) is 0 Å². The van der Waals surface area contributed by atoms with E-state index < -0.39 is 0 Å². The van der Waals surface area contributed by atoms with E-state index in [1.165, 1.54) is 0 Å². The molecule has 1 rings (SSSR count). The van der Waals surface area contributed by atoms with Gasteiger partial charge in [-0.25, -0.2) is 0 Å². The lowest BCUT2D eigenvalue weighted by Gasteiger charge is -2.13. The fourth-order valence-electron chi connectivity index (χ4n) is 1.82. The van der Waals surface area contributed by atoms with Gasteiger partial charge in [0.1, 0.15) is 0 Å². The Kier molecular flexibility index (Phi) is 8.15. The Morgan fingerprint density at radius 3 is 2.65 bits per heavy atom. The molecule has 1 atom stereocenters. The smallest absolute Gasteiger partial charge is 0.221 e. The summed E-state index contributed by atoms with van der Waals surface area (Å²) in [5.74, 6) is 1.77. The highest BCUT2D eigenvalue weighted by Crippen LogP contribution is 2.13. The molecule has 0 bridgehead atoms. The van der Waals surface area contributed by atoms with Crippen LogP contribution >= 0.6 is 0 Å². The minimum atomic E-state index is 0.0408. The highest BCUT2D eigenvalue weighted by molar-refractivity contribution is 5.81. The van der Waals surface area contributed by atoms with Gasteiger partial charge in [0.25, 0.3) is 0 Å². The maximum atomic E-state index is 11.7. The fourth-order valence-corrected chi connectivity index (χ4v) is 1.82. The van der Waals surface area contributed by atoms with Crippen molar-refractivity contribution in [2.45, 2.75) is 59.0 Å². The number of rotatable bonds is 8. The molecule has 130 valence electrons. The molecule has 0 saturated heterocycles. The van der Waals surface area contributed by atoms with Crippen LogP contribution < -0.4 is 16.0 Å². The minimum Gasteiger partial charge on any atom is -0.359 e. The summed E-state index contributed by atoms with van der Waals surface area (Å²) in [7, 11) is 1.69. The van der Waals surface area contributed by atoms with Crippen LogP contribution in [0.1, 0.15) is 57.9 Å². The van der Waals surface area contributed by atoms with E-state index in [1.807, 2.05) is 19.9 Å². The van der Waals surface area contributed by atoms with Gasteiger partial charge in [-0.2, -0.15) is 0 Å². The predicted molar refractivity (Wildman–Crippen MR) is 91.3 cm³/mol. The van der Waals surface area contributed by atoms with Gasteiger partial charge >= 0.3 is 0 Å². The average Bonchev–Trinajstić information content (AvgIpc) is 2.99. The van der Waals surface area contributed by atoms with E-state index in [0.717, 1.165) is 17.9 Å². The molecule has 0 spiro atoms. The number of carbonyl (C=O) groups excluding carboxylic acids is 1. The first-order valence-electron chi connectivity index (χ1n) is 8.15. The number of carbonyl (C=O) groups is 1. The molecular formula is C16H29N5O2. The van der Waals surface area contributed by atoms with E-state index in [2.05, 4.69) is 39.9 Å². The molecule has 0 aliphatic carbocycles. The molecule has 3 N–H and O–H groups in total. The lowest BCUT2D eigenvalue weighted by molar-refractivity contribution is -0.121. The number of aromatic nitrogens is 1. The maximum absolute atomic E-state index is 11.7. The summed E-state index contributed by atoms with van der Waals surface area (Å²) in [6.07, 6.45) is 1.34. The number of hydrogen-bond acceptors (Lipinski definition) is 4. The molecule has 7 nitrogen and oxygen atoms in total. The monoisotopic (exact) mass is 323 g/mol. The molecule has 0 aliphatic rings. The van der Waals surface area contributed by atoms with Crippen LogP contribution in [-0.4, -0.2) is 36.7 Å². The van der Waals surface area contributed by atoms with Crippen molar-refractivity contribution >= 4 is 11.9 Å². The van der Waals surface area contributed by atoms with Crippen LogP contribution in [0.5, 0.6) is 0 Å². The highest BCUT2D eigenvalue weighted by atomic mass is 16.5. The molecular weight excluding hydrogens is 294 g/mol. The summed E-state index contributed by atoms with van der Waals surface area (Å²) < 4.78 is 5.26. The van der Waals surface area contributed by atoms with Crippen molar-refractivity contribution in [3.8, 4) is 0 Å². The van der Waals surface area contributed by atoms with Crippen molar-refractivity contribution in [1.82, 2.24) is 21.1 Å². The lowest BCUT2D eigenvalue weighted by atomic mass is 10.1. The van der Waals surface area contributed by atoms with Gasteiger partial charge in [0.15, 0.2) is 11.7 Å². The zero-order valence-corrected chi connectivity index (χ0v) is 14.8. The predicted octanol–water partition coefficient (Wildman–Crippen LogP) is 1.77. The zero-order valence-electron chi connectivity index (χ0n) is 14.8. The molecule has 23 heavy (non-hydrogen) atoms. The fraction of sp³-hybridized carbons (Fsp3) is 0.688. The van der Waals surface area contributed by atoms with E-state index in [4.69, 9.17) is 4.52 Å². The lowest BCUT2D eigenvalue weighted by Crippen LogP contribution is -2.40. The van der Waals surface area contributed by atoms with Crippen molar-refractivity contribution in [1.29, 1.82) is 0 Å². The van der Waals surface area contributed by atoms with Crippen molar-refractivity contribution in [3.63, 3.8) is 0 Å². The topological polar surface area (TPSA) is 91.5 Å². The molecule has 0 aromatic carbocycles. The van der Waals surface area contributed by atoms with Crippen LogP contribution in [0.3, 0.4) is 0 Å². The van der Waals surface area contributed by atoms with Crippen LogP contribution in [0.25, 0.3) is 0 Å². The van der Waals surface area contributed by atoms with E-state index in [0.29, 0.717) is 31.4 Å². The molecule has 0 fully saturated rings. The number of aliphatic imine (C=N–C) groups is 1. The molecule has 0 aliphatic heterocycles. The van der Waals surface area contributed by atoms with Gasteiger partial charge in [-0.15, -0.1) is 0 Å². The molecule has 7 heteroatoms. The number of amides is 1. The van der Waals surface area contributed by atoms with Gasteiger partial charge in [0.05, 0.1) is 12.2 Å². The van der Waals surface area contributed by atoms with Crippen LogP contribution in [0.4, 0.5) is 0 Å². The summed E-state index contributed by atoms with van der Waals surface area (Å²) in [5.41, 5.74) is 0.937. The summed E-state index contributed by atoms with van der Waals surface area (Å²) in [5, 5.41) is 13.2. The van der Waals surface area contributed by atoms with Gasteiger partial charge < -0.3 is 20.5 Å². The van der Waals surface area contributed by atoms with E-state index in [-0.39, 0.29) is 11.9 Å². The van der Waals surface area contributed by atoms with Crippen molar-refractivity contribution in [3.05, 3.63) is 17.5 Å². The highest BCUT2D eigenvalue weighted by Gasteiger charge is 2.09. The van der Waals surface area contributed by atoms with Gasteiger partial charge in [0.2, 0.25) is 5.91 Å². The van der Waals surface area contributed by atoms with E-state index >= 15 is 0 Å². The normalized spacial score (nSPS) is 13.0. The minimum absolute atomic E-state index is 0.0408. The number of hydrogen-bond donors (Lipinski definition) is 3. The van der Waals surface area contributed by atoms with Gasteiger partial charge in [-0.1, -0.05) is 25.9 Å². The third-order valence-corrected chi connectivity index (χ3v) is 3.49. The third kappa shape index (κ3) is 7.17. The van der Waals surface area contributed by atoms with Crippen molar-refractivity contribution in [2.75, 3.05) is 13.6 Å². The first kappa shape index (κ1) is 19.0. The summed E-state index contributed by atoms with van der Waals surface area (Å²) >= 11 is 0. The van der Waals surface area contributed by atoms with Crippen LogP contribution in [-0.2, 0) is 11.3 Å². The van der Waals surface area contributed by atoms with Crippen LogP contribution in [0.15, 0.2) is 15.6 Å². The van der Waals surface area contributed by atoms with E-state index in [1.54, 1.807) is 7.05 Å². The third-order valence-electron chi connectivity index (χ3n) is 3.49. The molecule has 1 amide bonds. The van der Waals surface area contributed by atoms with E-state index in [9.17, 15) is 4.79 Å². The first-order valence-corrected chi connectivity index (χ1v) is 8.15. The standard InChI is InChI=1S/C16H29N5O2/c1-6-12(4)20-15(22)7-8-18-16(17-5)19-10-13-9-14(11(2)3)21-23-13/h9,11-12H,6-8,10H2,1-5H3,(H,20,22)(H2,17,18,19). The second-order valence-corrected chi connectivity index (χ2v) is 5.85. The quantitative estimate of drug-likeness (QED) is 0.501. The SMILES string of the molecule is CCC(C)NC(=O)CCNC(=NC)NCc1cc(C(C)C)no1. The Morgan fingerprint density at radius 2 is 2.09 bits per heavy atom. The Morgan fingerprint density at radius 1 is 1.35 bits per heavy atom. The second kappa shape index (κ2) is 9.86.